The maximum Gasteiger partial charge on any atom is 0.182 e. The van der Waals surface area contributed by atoms with Crippen molar-refractivity contribution in [3.63, 3.8) is 0 Å². The van der Waals surface area contributed by atoms with E-state index in [1.54, 1.807) is 6.07 Å². The Morgan fingerprint density at radius 1 is 1.18 bits per heavy atom. The third-order valence-corrected chi connectivity index (χ3v) is 2.13. The van der Waals surface area contributed by atoms with Gasteiger partial charge in [0.25, 0.3) is 0 Å². The minimum atomic E-state index is -0.998. The molecule has 17 heavy (non-hydrogen) atoms. The molecule has 1 aromatic carbocycles. The molecule has 0 saturated heterocycles. The summed E-state index contributed by atoms with van der Waals surface area (Å²) in [5, 5.41) is 11.4. The Morgan fingerprint density at radius 3 is 2.76 bits per heavy atom. The highest BCUT2D eigenvalue weighted by atomic mass is 19.2. The Balaban J connectivity index is 2.39. The Kier molecular flexibility index (Phi) is 2.97. The summed E-state index contributed by atoms with van der Waals surface area (Å²) in [5.41, 5.74) is 0.205. The fraction of sp³-hybridized carbons (Fsp3) is 0. The van der Waals surface area contributed by atoms with Crippen LogP contribution in [0.4, 0.5) is 20.3 Å². The van der Waals surface area contributed by atoms with Gasteiger partial charge < -0.3 is 5.32 Å². The summed E-state index contributed by atoms with van der Waals surface area (Å²) in [6, 6.07) is 8.79. The van der Waals surface area contributed by atoms with Gasteiger partial charge in [-0.05, 0) is 24.3 Å². The fourth-order valence-electron chi connectivity index (χ4n) is 1.32. The molecular weight excluding hydrogens is 224 g/mol. The van der Waals surface area contributed by atoms with E-state index in [0.29, 0.717) is 0 Å². The normalized spacial score (nSPS) is 9.71. The van der Waals surface area contributed by atoms with Crippen LogP contribution in [0.2, 0.25) is 0 Å². The number of pyridine rings is 1. The number of nitriles is 1. The Morgan fingerprint density at radius 2 is 2.00 bits per heavy atom. The molecule has 84 valence electrons. The minimum absolute atomic E-state index is 0.0554. The first kappa shape index (κ1) is 11.0. The van der Waals surface area contributed by atoms with Crippen LogP contribution in [0.15, 0.2) is 36.5 Å². The molecule has 0 amide bonds. The molecule has 0 radical (unpaired) electrons. The van der Waals surface area contributed by atoms with Gasteiger partial charge in [0.15, 0.2) is 11.6 Å². The first-order valence-corrected chi connectivity index (χ1v) is 4.78. The maximum atomic E-state index is 13.4. The third-order valence-electron chi connectivity index (χ3n) is 2.13. The van der Waals surface area contributed by atoms with Gasteiger partial charge in [-0.2, -0.15) is 5.26 Å². The van der Waals surface area contributed by atoms with E-state index < -0.39 is 11.6 Å². The van der Waals surface area contributed by atoms with Crippen molar-refractivity contribution >= 4 is 11.5 Å². The van der Waals surface area contributed by atoms with E-state index in [-0.39, 0.29) is 17.1 Å². The Labute approximate surface area is 96.3 Å². The van der Waals surface area contributed by atoms with Crippen LogP contribution in [0.1, 0.15) is 5.56 Å². The highest BCUT2D eigenvalue weighted by Gasteiger charge is 2.09. The van der Waals surface area contributed by atoms with Crippen LogP contribution < -0.4 is 5.32 Å². The van der Waals surface area contributed by atoms with Crippen molar-refractivity contribution < 1.29 is 8.78 Å². The summed E-state index contributed by atoms with van der Waals surface area (Å²) in [5.74, 6) is -1.76. The van der Waals surface area contributed by atoms with Crippen molar-refractivity contribution in [3.05, 3.63) is 53.7 Å². The summed E-state index contributed by atoms with van der Waals surface area (Å²) >= 11 is 0. The number of nitrogens with one attached hydrogen (secondary N) is 1. The average molecular weight is 231 g/mol. The van der Waals surface area contributed by atoms with Crippen molar-refractivity contribution in [1.82, 2.24) is 4.98 Å². The Hall–Kier alpha value is -2.48. The summed E-state index contributed by atoms with van der Waals surface area (Å²) in [7, 11) is 0. The van der Waals surface area contributed by atoms with Crippen LogP contribution in [-0.2, 0) is 0 Å². The quantitative estimate of drug-likeness (QED) is 0.864. The number of halogens is 2. The van der Waals surface area contributed by atoms with E-state index in [4.69, 9.17) is 5.26 Å². The second kappa shape index (κ2) is 4.58. The van der Waals surface area contributed by atoms with E-state index >= 15 is 0 Å². The Bertz CT molecular complexity index is 591. The lowest BCUT2D eigenvalue weighted by Crippen LogP contribution is -1.99. The highest BCUT2D eigenvalue weighted by molar-refractivity contribution is 5.62. The molecular formula is C12H7F2N3. The smallest absolute Gasteiger partial charge is 0.182 e. The lowest BCUT2D eigenvalue weighted by atomic mass is 10.2. The summed E-state index contributed by atoms with van der Waals surface area (Å²) < 4.78 is 26.3. The largest absolute Gasteiger partial charge is 0.337 e. The third kappa shape index (κ3) is 2.21. The van der Waals surface area contributed by atoms with Crippen molar-refractivity contribution in [2.45, 2.75) is 0 Å². The number of anilines is 2. The van der Waals surface area contributed by atoms with Gasteiger partial charge >= 0.3 is 0 Å². The highest BCUT2D eigenvalue weighted by Crippen LogP contribution is 2.22. The number of nitrogens with zero attached hydrogens (tertiary/aromatic N) is 2. The zero-order valence-electron chi connectivity index (χ0n) is 8.61. The number of hydrogen-bond donors (Lipinski definition) is 1. The second-order valence-electron chi connectivity index (χ2n) is 3.24. The molecule has 1 N–H and O–H groups in total. The van der Waals surface area contributed by atoms with Gasteiger partial charge in [-0.25, -0.2) is 13.8 Å². The van der Waals surface area contributed by atoms with Gasteiger partial charge in [-0.15, -0.1) is 0 Å². The van der Waals surface area contributed by atoms with Crippen LogP contribution in [0, 0.1) is 23.0 Å². The van der Waals surface area contributed by atoms with Crippen LogP contribution in [0.25, 0.3) is 0 Å². The van der Waals surface area contributed by atoms with Gasteiger partial charge in [0.2, 0.25) is 0 Å². The van der Waals surface area contributed by atoms with E-state index in [2.05, 4.69) is 10.3 Å². The molecule has 0 saturated carbocycles. The molecule has 0 atom stereocenters. The zero-order valence-corrected chi connectivity index (χ0v) is 8.61. The second-order valence-corrected chi connectivity index (χ2v) is 3.24. The zero-order chi connectivity index (χ0) is 12.3. The van der Waals surface area contributed by atoms with E-state index in [9.17, 15) is 8.78 Å². The monoisotopic (exact) mass is 231 g/mol. The number of hydrogen-bond acceptors (Lipinski definition) is 3. The summed E-state index contributed by atoms with van der Waals surface area (Å²) in [6.45, 7) is 0. The van der Waals surface area contributed by atoms with Gasteiger partial charge in [-0.1, -0.05) is 6.07 Å². The molecule has 0 bridgehead atoms. The van der Waals surface area contributed by atoms with Gasteiger partial charge in [0, 0.05) is 6.20 Å². The molecule has 1 aromatic heterocycles. The summed E-state index contributed by atoms with van der Waals surface area (Å²) in [6.07, 6.45) is 1.46. The van der Waals surface area contributed by atoms with Crippen LogP contribution in [0.3, 0.4) is 0 Å². The first-order valence-electron chi connectivity index (χ1n) is 4.78. The molecule has 0 aliphatic heterocycles. The minimum Gasteiger partial charge on any atom is -0.337 e. The molecule has 1 heterocycles. The predicted molar refractivity (Wildman–Crippen MR) is 58.6 cm³/mol. The van der Waals surface area contributed by atoms with Gasteiger partial charge in [-0.3, -0.25) is 0 Å². The molecule has 2 aromatic rings. The molecule has 2 rings (SSSR count). The lowest BCUT2D eigenvalue weighted by Gasteiger charge is -2.07. The molecule has 5 heteroatoms. The summed E-state index contributed by atoms with van der Waals surface area (Å²) in [4.78, 5) is 3.89. The van der Waals surface area contributed by atoms with E-state index in [1.807, 2.05) is 6.07 Å². The topological polar surface area (TPSA) is 48.7 Å². The maximum absolute atomic E-state index is 13.4. The SMILES string of the molecule is N#Cc1cccnc1Nc1cccc(F)c1F. The number of aromatic nitrogens is 1. The first-order chi connectivity index (χ1) is 8.22. The van der Waals surface area contributed by atoms with Gasteiger partial charge in [0.1, 0.15) is 11.9 Å². The van der Waals surface area contributed by atoms with Crippen LogP contribution in [-0.4, -0.2) is 4.98 Å². The number of benzene rings is 1. The predicted octanol–water partition coefficient (Wildman–Crippen LogP) is 2.98. The van der Waals surface area contributed by atoms with Crippen molar-refractivity contribution in [3.8, 4) is 6.07 Å². The van der Waals surface area contributed by atoms with E-state index in [1.165, 1.54) is 24.4 Å². The van der Waals surface area contributed by atoms with Crippen molar-refractivity contribution in [1.29, 1.82) is 5.26 Å². The standard InChI is InChI=1S/C12H7F2N3/c13-9-4-1-5-10(11(9)14)17-12-8(7-15)3-2-6-16-12/h1-6H,(H,16,17). The molecule has 0 aliphatic rings. The van der Waals surface area contributed by atoms with Crippen molar-refractivity contribution in [2.75, 3.05) is 5.32 Å². The van der Waals surface area contributed by atoms with Crippen molar-refractivity contribution in [2.24, 2.45) is 0 Å². The molecule has 3 nitrogen and oxygen atoms in total. The molecule has 0 unspecified atom stereocenters. The van der Waals surface area contributed by atoms with E-state index in [0.717, 1.165) is 6.07 Å². The number of rotatable bonds is 2. The van der Waals surface area contributed by atoms with Crippen LogP contribution >= 0.6 is 0 Å². The molecule has 0 aliphatic carbocycles. The fourth-order valence-corrected chi connectivity index (χ4v) is 1.32. The average Bonchev–Trinajstić information content (AvgIpc) is 2.35. The molecule has 0 fully saturated rings. The lowest BCUT2D eigenvalue weighted by molar-refractivity contribution is 0.511. The molecule has 0 spiro atoms. The van der Waals surface area contributed by atoms with Gasteiger partial charge in [0.05, 0.1) is 11.3 Å². The van der Waals surface area contributed by atoms with Crippen LogP contribution in [0.5, 0.6) is 0 Å².